The van der Waals surface area contributed by atoms with Crippen molar-refractivity contribution in [3.8, 4) is 0 Å². The van der Waals surface area contributed by atoms with Gasteiger partial charge in [-0.25, -0.2) is 13.1 Å². The molecule has 0 aromatic heterocycles. The molecule has 1 saturated heterocycles. The fraction of sp³-hybridized carbons (Fsp3) is 0.900. The third-order valence-corrected chi connectivity index (χ3v) is 4.68. The van der Waals surface area contributed by atoms with Gasteiger partial charge >= 0.3 is 0 Å². The maximum atomic E-state index is 12.0. The highest BCUT2D eigenvalue weighted by atomic mass is 35.5. The van der Waals surface area contributed by atoms with Crippen LogP contribution in [-0.4, -0.2) is 57.7 Å². The van der Waals surface area contributed by atoms with Gasteiger partial charge in [-0.15, -0.1) is 12.4 Å². The molecule has 2 atom stereocenters. The van der Waals surface area contributed by atoms with Crippen LogP contribution in [0.1, 0.15) is 19.8 Å². The van der Waals surface area contributed by atoms with Gasteiger partial charge in [0.15, 0.2) is 5.25 Å². The molecule has 0 saturated carbocycles. The molecule has 18 heavy (non-hydrogen) atoms. The Balaban J connectivity index is 0.00000289. The molecule has 0 radical (unpaired) electrons. The second kappa shape index (κ2) is 7.28. The van der Waals surface area contributed by atoms with Gasteiger partial charge in [0.05, 0.1) is 0 Å². The number of hydrogen-bond donors (Lipinski definition) is 2. The van der Waals surface area contributed by atoms with E-state index in [1.54, 1.807) is 14.1 Å². The normalized spacial score (nSPS) is 21.8. The summed E-state index contributed by atoms with van der Waals surface area (Å²) in [5, 5.41) is 2.08. The third-order valence-electron chi connectivity index (χ3n) is 2.88. The molecule has 0 aliphatic carbocycles. The minimum Gasteiger partial charge on any atom is -0.348 e. The number of sulfonamides is 1. The lowest BCUT2D eigenvalue weighted by atomic mass is 10.1. The van der Waals surface area contributed by atoms with Gasteiger partial charge in [0.1, 0.15) is 0 Å². The molecule has 1 rings (SSSR count). The molecule has 1 unspecified atom stereocenters. The molecule has 0 aromatic carbocycles. The van der Waals surface area contributed by atoms with Crippen molar-refractivity contribution in [1.82, 2.24) is 14.9 Å². The van der Waals surface area contributed by atoms with E-state index in [-0.39, 0.29) is 18.4 Å². The van der Waals surface area contributed by atoms with Crippen molar-refractivity contribution in [1.29, 1.82) is 0 Å². The zero-order chi connectivity index (χ0) is 13.1. The Morgan fingerprint density at radius 1 is 1.44 bits per heavy atom. The first-order chi connectivity index (χ1) is 7.84. The van der Waals surface area contributed by atoms with Crippen molar-refractivity contribution in [2.24, 2.45) is 0 Å². The molecule has 1 aliphatic heterocycles. The molecule has 0 spiro atoms. The van der Waals surface area contributed by atoms with Crippen LogP contribution in [0.5, 0.6) is 0 Å². The lowest BCUT2D eigenvalue weighted by molar-refractivity contribution is -0.127. The zero-order valence-electron chi connectivity index (χ0n) is 11.0. The first-order valence-electron chi connectivity index (χ1n) is 5.77. The summed E-state index contributed by atoms with van der Waals surface area (Å²) in [7, 11) is -0.481. The van der Waals surface area contributed by atoms with Gasteiger partial charge in [-0.2, -0.15) is 0 Å². The molecule has 1 fully saturated rings. The first-order valence-corrected chi connectivity index (χ1v) is 7.32. The highest BCUT2D eigenvalue weighted by Gasteiger charge is 2.31. The average Bonchev–Trinajstić information content (AvgIpc) is 2.27. The minimum absolute atomic E-state index is 0. The third kappa shape index (κ3) is 4.72. The van der Waals surface area contributed by atoms with E-state index in [1.807, 2.05) is 0 Å². The number of piperidine rings is 1. The van der Waals surface area contributed by atoms with Gasteiger partial charge < -0.3 is 10.2 Å². The number of amides is 1. The van der Waals surface area contributed by atoms with E-state index < -0.39 is 21.2 Å². The number of halogens is 1. The van der Waals surface area contributed by atoms with Crippen molar-refractivity contribution in [3.05, 3.63) is 0 Å². The Kier molecular flexibility index (Phi) is 7.13. The Bertz CT molecular complexity index is 367. The van der Waals surface area contributed by atoms with E-state index in [1.165, 1.54) is 11.8 Å². The SMILES string of the molecule is CC(C(=O)N(C)C)S(=O)(=O)N[C@H]1CCCNC1.Cl. The van der Waals surface area contributed by atoms with Crippen LogP contribution in [-0.2, 0) is 14.8 Å². The smallest absolute Gasteiger partial charge is 0.241 e. The summed E-state index contributed by atoms with van der Waals surface area (Å²) in [4.78, 5) is 12.9. The molecule has 1 aliphatic rings. The zero-order valence-corrected chi connectivity index (χ0v) is 12.6. The molecule has 1 amide bonds. The van der Waals surface area contributed by atoms with Gasteiger partial charge in [-0.3, -0.25) is 4.79 Å². The number of nitrogens with zero attached hydrogens (tertiary/aromatic N) is 1. The van der Waals surface area contributed by atoms with Gasteiger partial charge in [-0.1, -0.05) is 0 Å². The van der Waals surface area contributed by atoms with Gasteiger partial charge in [-0.05, 0) is 26.3 Å². The van der Waals surface area contributed by atoms with Crippen molar-refractivity contribution < 1.29 is 13.2 Å². The predicted octanol–water partition coefficient (Wildman–Crippen LogP) is -0.444. The van der Waals surface area contributed by atoms with E-state index in [2.05, 4.69) is 10.0 Å². The molecular formula is C10H22ClN3O3S. The van der Waals surface area contributed by atoms with E-state index >= 15 is 0 Å². The van der Waals surface area contributed by atoms with Crippen LogP contribution in [0, 0.1) is 0 Å². The lowest BCUT2D eigenvalue weighted by Gasteiger charge is -2.25. The summed E-state index contributed by atoms with van der Waals surface area (Å²) < 4.78 is 26.5. The van der Waals surface area contributed by atoms with Gasteiger partial charge in [0, 0.05) is 26.7 Å². The summed E-state index contributed by atoms with van der Waals surface area (Å²) in [6.45, 7) is 2.97. The predicted molar refractivity (Wildman–Crippen MR) is 73.4 cm³/mol. The summed E-state index contributed by atoms with van der Waals surface area (Å²) in [6, 6.07) is -0.105. The molecule has 2 N–H and O–H groups in total. The largest absolute Gasteiger partial charge is 0.348 e. The molecule has 1 heterocycles. The Morgan fingerprint density at radius 3 is 2.50 bits per heavy atom. The van der Waals surface area contributed by atoms with Crippen LogP contribution in [0.25, 0.3) is 0 Å². The second-order valence-corrected chi connectivity index (χ2v) is 6.61. The lowest BCUT2D eigenvalue weighted by Crippen LogP contribution is -2.50. The van der Waals surface area contributed by atoms with E-state index in [9.17, 15) is 13.2 Å². The Morgan fingerprint density at radius 2 is 2.06 bits per heavy atom. The van der Waals surface area contributed by atoms with Crippen LogP contribution < -0.4 is 10.0 Å². The van der Waals surface area contributed by atoms with Crippen molar-refractivity contribution >= 4 is 28.3 Å². The van der Waals surface area contributed by atoms with E-state index in [4.69, 9.17) is 0 Å². The topological polar surface area (TPSA) is 78.5 Å². The fourth-order valence-electron chi connectivity index (χ4n) is 1.78. The Labute approximate surface area is 115 Å². The molecule has 6 nitrogen and oxygen atoms in total. The van der Waals surface area contributed by atoms with Gasteiger partial charge in [0.25, 0.3) is 0 Å². The quantitative estimate of drug-likeness (QED) is 0.737. The number of rotatable bonds is 4. The van der Waals surface area contributed by atoms with Crippen LogP contribution >= 0.6 is 12.4 Å². The number of carbonyl (C=O) groups excluding carboxylic acids is 1. The summed E-state index contributed by atoms with van der Waals surface area (Å²) in [5.41, 5.74) is 0. The van der Waals surface area contributed by atoms with Crippen molar-refractivity contribution in [2.45, 2.75) is 31.1 Å². The number of hydrogen-bond acceptors (Lipinski definition) is 4. The van der Waals surface area contributed by atoms with Gasteiger partial charge in [0.2, 0.25) is 15.9 Å². The summed E-state index contributed by atoms with van der Waals surface area (Å²) in [6.07, 6.45) is 1.76. The Hall–Kier alpha value is -0.370. The average molecular weight is 300 g/mol. The second-order valence-electron chi connectivity index (χ2n) is 4.58. The minimum atomic E-state index is -3.59. The van der Waals surface area contributed by atoms with E-state index in [0.717, 1.165) is 19.4 Å². The van der Waals surface area contributed by atoms with Crippen LogP contribution in [0.15, 0.2) is 0 Å². The molecular weight excluding hydrogens is 278 g/mol. The van der Waals surface area contributed by atoms with Crippen LogP contribution in [0.4, 0.5) is 0 Å². The maximum absolute atomic E-state index is 12.0. The van der Waals surface area contributed by atoms with E-state index in [0.29, 0.717) is 6.54 Å². The van der Waals surface area contributed by atoms with Crippen LogP contribution in [0.2, 0.25) is 0 Å². The number of nitrogens with one attached hydrogen (secondary N) is 2. The summed E-state index contributed by atoms with van der Waals surface area (Å²) in [5.74, 6) is -0.402. The van der Waals surface area contributed by atoms with Crippen LogP contribution in [0.3, 0.4) is 0 Å². The highest BCUT2D eigenvalue weighted by Crippen LogP contribution is 2.07. The first kappa shape index (κ1) is 17.6. The van der Waals surface area contributed by atoms with Crippen molar-refractivity contribution in [3.63, 3.8) is 0 Å². The standard InChI is InChI=1S/C10H21N3O3S.ClH/c1-8(10(14)13(2)3)17(15,16)12-9-5-4-6-11-7-9;/h8-9,11-12H,4-7H2,1-3H3;1H/t8?,9-;/m0./s1. The summed E-state index contributed by atoms with van der Waals surface area (Å²) >= 11 is 0. The molecule has 0 bridgehead atoms. The molecule has 108 valence electrons. The highest BCUT2D eigenvalue weighted by molar-refractivity contribution is 7.90. The maximum Gasteiger partial charge on any atom is 0.241 e. The number of carbonyl (C=O) groups is 1. The molecule has 8 heteroatoms. The monoisotopic (exact) mass is 299 g/mol. The fourth-order valence-corrected chi connectivity index (χ4v) is 3.13. The van der Waals surface area contributed by atoms with Crippen molar-refractivity contribution in [2.75, 3.05) is 27.2 Å². The molecule has 0 aromatic rings.